The van der Waals surface area contributed by atoms with Gasteiger partial charge in [0, 0.05) is 0 Å². The number of hydrogen-bond donors (Lipinski definition) is 0. The van der Waals surface area contributed by atoms with Crippen LogP contribution in [0.15, 0.2) is 35.5 Å². The molecule has 0 saturated heterocycles. The largest absolute Gasteiger partial charge is 0.273 e. The molecule has 2 heteroatoms. The van der Waals surface area contributed by atoms with Gasteiger partial charge < -0.3 is 0 Å². The van der Waals surface area contributed by atoms with Gasteiger partial charge in [0.1, 0.15) is 0 Å². The van der Waals surface area contributed by atoms with Gasteiger partial charge in [0.2, 0.25) is 0 Å². The Kier molecular flexibility index (Phi) is 12.1. The van der Waals surface area contributed by atoms with E-state index in [1.165, 1.54) is 41.4 Å². The van der Waals surface area contributed by atoms with Crippen LogP contribution in [0.4, 0.5) is 0 Å². The van der Waals surface area contributed by atoms with Crippen molar-refractivity contribution in [3.8, 4) is 0 Å². The standard InChI is InChI=1S/C9H13.C5H5.C2H6Si.Hf/c1-3-8-6-5-7-9(8)4-2;1-2-4-5-3-1;1-3-2;/h6H,3-4,7H2,1-2H3;1-3H,4H2;1-2H3;/q2*-1;;+2. The van der Waals surface area contributed by atoms with Crippen molar-refractivity contribution in [2.24, 2.45) is 0 Å². The van der Waals surface area contributed by atoms with E-state index in [9.17, 15) is 0 Å². The zero-order valence-corrected chi connectivity index (χ0v) is 16.7. The van der Waals surface area contributed by atoms with Gasteiger partial charge in [-0.1, -0.05) is 26.7 Å². The van der Waals surface area contributed by atoms with Crippen molar-refractivity contribution in [3.05, 3.63) is 47.6 Å². The zero-order chi connectivity index (χ0) is 13.8. The first-order valence-electron chi connectivity index (χ1n) is 6.62. The van der Waals surface area contributed by atoms with Crippen molar-refractivity contribution in [1.29, 1.82) is 0 Å². The predicted octanol–water partition coefficient (Wildman–Crippen LogP) is 4.96. The smallest absolute Gasteiger partial charge is 0.109 e. The van der Waals surface area contributed by atoms with Crippen molar-refractivity contribution >= 4 is 5.49 Å². The van der Waals surface area contributed by atoms with Gasteiger partial charge in [-0.05, 0) is 0 Å². The molecule has 2 rings (SSSR count). The average molecular weight is 423 g/mol. The Morgan fingerprint density at radius 3 is 2.17 bits per heavy atom. The zero-order valence-electron chi connectivity index (χ0n) is 12.1. The summed E-state index contributed by atoms with van der Waals surface area (Å²) in [7, 11) is 0. The second kappa shape index (κ2) is 12.1. The van der Waals surface area contributed by atoms with Crippen LogP contribution in [0.1, 0.15) is 39.5 Å². The normalized spacial score (nSPS) is 15.2. The monoisotopic (exact) mass is 424 g/mol. The first-order chi connectivity index (χ1) is 8.61. The van der Waals surface area contributed by atoms with Gasteiger partial charge in [-0.2, -0.15) is 17.2 Å². The van der Waals surface area contributed by atoms with Crippen LogP contribution in [0.3, 0.4) is 0 Å². The molecule has 0 unspecified atom stereocenters. The molecule has 0 radical (unpaired) electrons. The summed E-state index contributed by atoms with van der Waals surface area (Å²) in [6.45, 7) is 9.08. The molecule has 0 spiro atoms. The van der Waals surface area contributed by atoms with E-state index in [4.69, 9.17) is 0 Å². The fraction of sp³-hybridized carbons (Fsp3) is 0.500. The number of allylic oxidation sites excluding steroid dienone is 8. The van der Waals surface area contributed by atoms with Gasteiger partial charge in [0.05, 0.1) is 0 Å². The Hall–Kier alpha value is 0.0470. The third-order valence-electron chi connectivity index (χ3n) is 2.44. The molecule has 0 amide bonds. The van der Waals surface area contributed by atoms with E-state index in [-0.39, 0.29) is 5.49 Å². The van der Waals surface area contributed by atoms with E-state index in [0.717, 1.165) is 12.8 Å². The van der Waals surface area contributed by atoms with Gasteiger partial charge in [0.25, 0.3) is 0 Å². The third kappa shape index (κ3) is 10.0. The summed E-state index contributed by atoms with van der Waals surface area (Å²) in [5.41, 5.74) is 3.35. The van der Waals surface area contributed by atoms with Crippen molar-refractivity contribution in [1.82, 2.24) is 0 Å². The molecule has 0 aromatic carbocycles. The molecule has 0 atom stereocenters. The van der Waals surface area contributed by atoms with Crippen LogP contribution in [0.25, 0.3) is 0 Å². The van der Waals surface area contributed by atoms with Gasteiger partial charge in [0.15, 0.2) is 0 Å². The Morgan fingerprint density at radius 1 is 1.22 bits per heavy atom. The summed E-state index contributed by atoms with van der Waals surface area (Å²) < 4.78 is 0. The van der Waals surface area contributed by atoms with Crippen LogP contribution in [0.5, 0.6) is 0 Å². The first kappa shape index (κ1) is 18.0. The van der Waals surface area contributed by atoms with Crippen LogP contribution in [-0.2, 0) is 23.0 Å². The van der Waals surface area contributed by atoms with E-state index in [1.807, 2.05) is 12.2 Å². The Balaban J connectivity index is 0.000000272. The second-order valence-corrected chi connectivity index (χ2v) is 17.1. The van der Waals surface area contributed by atoms with E-state index in [2.05, 4.69) is 51.2 Å². The minimum absolute atomic E-state index is 0.259. The first-order valence-corrected chi connectivity index (χ1v) is 14.5. The summed E-state index contributed by atoms with van der Waals surface area (Å²) in [5.74, 6) is 0. The maximum atomic E-state index is 3.23. The summed E-state index contributed by atoms with van der Waals surface area (Å²) in [6, 6.07) is 0. The minimum Gasteiger partial charge on any atom is -0.273 e. The Labute approximate surface area is 128 Å². The molecule has 0 saturated carbocycles. The quantitative estimate of drug-likeness (QED) is 0.436. The van der Waals surface area contributed by atoms with Gasteiger partial charge in [-0.15, -0.1) is 12.8 Å². The SMILES string of the molecule is CCC1=C(CC)C[C-]=C1.C[Si](C)=[Hf+2].[C-]1=CC=CC1. The van der Waals surface area contributed by atoms with Crippen molar-refractivity contribution in [2.75, 3.05) is 0 Å². The molecule has 0 aliphatic heterocycles. The molecule has 0 heterocycles. The molecule has 18 heavy (non-hydrogen) atoms. The van der Waals surface area contributed by atoms with E-state index >= 15 is 0 Å². The molecular weight excluding hydrogens is 399 g/mol. The maximum Gasteiger partial charge on any atom is -0.109 e. The molecule has 0 nitrogen and oxygen atoms in total. The van der Waals surface area contributed by atoms with Gasteiger partial charge >= 0.3 is 41.6 Å². The predicted molar refractivity (Wildman–Crippen MR) is 79.1 cm³/mol. The van der Waals surface area contributed by atoms with Gasteiger partial charge in [-0.3, -0.25) is 12.2 Å². The number of rotatable bonds is 2. The summed E-state index contributed by atoms with van der Waals surface area (Å²) in [5, 5.41) is 0. The fourth-order valence-corrected chi connectivity index (χ4v) is 1.56. The maximum absolute atomic E-state index is 3.23. The molecule has 0 N–H and O–H groups in total. The minimum atomic E-state index is 0.259. The molecule has 2 aliphatic rings. The summed E-state index contributed by atoms with van der Waals surface area (Å²) in [6.07, 6.45) is 18.8. The third-order valence-corrected chi connectivity index (χ3v) is 2.44. The molecule has 0 aromatic heterocycles. The summed E-state index contributed by atoms with van der Waals surface area (Å²) in [4.78, 5) is 0. The van der Waals surface area contributed by atoms with Crippen LogP contribution in [0, 0.1) is 12.2 Å². The van der Waals surface area contributed by atoms with Crippen LogP contribution in [0.2, 0.25) is 13.1 Å². The molecule has 0 bridgehead atoms. The molecule has 0 fully saturated rings. The summed E-state index contributed by atoms with van der Waals surface area (Å²) >= 11 is 1.45. The van der Waals surface area contributed by atoms with E-state index in [0.29, 0.717) is 0 Å². The van der Waals surface area contributed by atoms with Crippen LogP contribution < -0.4 is 0 Å². The average Bonchev–Trinajstić information content (AvgIpc) is 3.02. The van der Waals surface area contributed by atoms with E-state index in [1.54, 1.807) is 5.57 Å². The number of hydrogen-bond acceptors (Lipinski definition) is 0. The second-order valence-electron chi connectivity index (χ2n) is 4.36. The van der Waals surface area contributed by atoms with Crippen molar-refractivity contribution in [2.45, 2.75) is 52.6 Å². The molecule has 2 aliphatic carbocycles. The van der Waals surface area contributed by atoms with Crippen LogP contribution >= 0.6 is 0 Å². The van der Waals surface area contributed by atoms with Gasteiger partial charge in [-0.25, -0.2) is 18.2 Å². The fourth-order valence-electron chi connectivity index (χ4n) is 1.56. The van der Waals surface area contributed by atoms with Crippen molar-refractivity contribution < 1.29 is 23.0 Å². The molecule has 96 valence electrons. The van der Waals surface area contributed by atoms with E-state index < -0.39 is 0 Å². The Bertz CT molecular complexity index is 345. The van der Waals surface area contributed by atoms with Crippen LogP contribution in [-0.4, -0.2) is 5.49 Å². The molecule has 0 aromatic rings. The van der Waals surface area contributed by atoms with Crippen molar-refractivity contribution in [3.63, 3.8) is 0 Å². The Morgan fingerprint density at radius 2 is 1.89 bits per heavy atom. The topological polar surface area (TPSA) is 0 Å². The molecular formula is C16H24HfSi.